The van der Waals surface area contributed by atoms with Gasteiger partial charge >= 0.3 is 0 Å². The molecule has 134 valence electrons. The van der Waals surface area contributed by atoms with Crippen LogP contribution in [0, 0.1) is 13.8 Å². The van der Waals surface area contributed by atoms with Crippen LogP contribution in [0.2, 0.25) is 0 Å². The minimum absolute atomic E-state index is 0.243. The van der Waals surface area contributed by atoms with Crippen molar-refractivity contribution in [1.82, 2.24) is 20.3 Å². The number of hydrogen-bond donors (Lipinski definition) is 1. The predicted octanol–water partition coefficient (Wildman–Crippen LogP) is 2.88. The Morgan fingerprint density at radius 3 is 2.62 bits per heavy atom. The SMILES string of the molecule is COc1cccc(C)c1CNC(=O)c1nnn(Cc2ccccc2)c1C. The fraction of sp³-hybridized carbons (Fsp3) is 0.250. The second-order valence-electron chi connectivity index (χ2n) is 6.11. The number of nitrogens with zero attached hydrogens (tertiary/aromatic N) is 3. The highest BCUT2D eigenvalue weighted by Gasteiger charge is 2.17. The van der Waals surface area contributed by atoms with Crippen molar-refractivity contribution in [2.75, 3.05) is 7.11 Å². The van der Waals surface area contributed by atoms with Crippen LogP contribution in [0.4, 0.5) is 0 Å². The van der Waals surface area contributed by atoms with Gasteiger partial charge in [-0.15, -0.1) is 5.10 Å². The van der Waals surface area contributed by atoms with Crippen molar-refractivity contribution in [3.8, 4) is 5.75 Å². The Morgan fingerprint density at radius 2 is 1.88 bits per heavy atom. The molecule has 0 fully saturated rings. The highest BCUT2D eigenvalue weighted by Crippen LogP contribution is 2.21. The molecule has 0 aliphatic carbocycles. The molecular formula is C20H22N4O2. The Bertz CT molecular complexity index is 903. The minimum Gasteiger partial charge on any atom is -0.496 e. The molecule has 6 nitrogen and oxygen atoms in total. The maximum absolute atomic E-state index is 12.5. The van der Waals surface area contributed by atoms with E-state index in [2.05, 4.69) is 15.6 Å². The smallest absolute Gasteiger partial charge is 0.274 e. The number of aromatic nitrogens is 3. The molecule has 1 amide bonds. The van der Waals surface area contributed by atoms with Crippen LogP contribution in [-0.4, -0.2) is 28.0 Å². The van der Waals surface area contributed by atoms with E-state index in [-0.39, 0.29) is 5.91 Å². The third-order valence-electron chi connectivity index (χ3n) is 4.39. The average molecular weight is 350 g/mol. The number of amides is 1. The maximum Gasteiger partial charge on any atom is 0.274 e. The van der Waals surface area contributed by atoms with Crippen molar-refractivity contribution in [2.45, 2.75) is 26.9 Å². The third-order valence-corrected chi connectivity index (χ3v) is 4.39. The number of ether oxygens (including phenoxy) is 1. The van der Waals surface area contributed by atoms with Crippen molar-refractivity contribution in [3.63, 3.8) is 0 Å². The van der Waals surface area contributed by atoms with Gasteiger partial charge in [-0.3, -0.25) is 4.79 Å². The third kappa shape index (κ3) is 3.74. The van der Waals surface area contributed by atoms with E-state index in [1.54, 1.807) is 11.8 Å². The molecule has 0 saturated heterocycles. The van der Waals surface area contributed by atoms with E-state index in [1.165, 1.54) is 0 Å². The maximum atomic E-state index is 12.5. The standard InChI is InChI=1S/C20H22N4O2/c1-14-8-7-11-18(26-3)17(14)12-21-20(25)19-15(2)24(23-22-19)13-16-9-5-4-6-10-16/h4-11H,12-13H2,1-3H3,(H,21,25). The number of hydrogen-bond acceptors (Lipinski definition) is 4. The van der Waals surface area contributed by atoms with Gasteiger partial charge in [0.05, 0.1) is 19.3 Å². The summed E-state index contributed by atoms with van der Waals surface area (Å²) in [7, 11) is 1.62. The second kappa shape index (κ2) is 7.82. The molecule has 1 N–H and O–H groups in total. The van der Waals surface area contributed by atoms with Crippen molar-refractivity contribution < 1.29 is 9.53 Å². The normalized spacial score (nSPS) is 10.6. The van der Waals surface area contributed by atoms with Crippen LogP contribution < -0.4 is 10.1 Å². The Morgan fingerprint density at radius 1 is 1.12 bits per heavy atom. The highest BCUT2D eigenvalue weighted by atomic mass is 16.5. The van der Waals surface area contributed by atoms with Gasteiger partial charge in [0.2, 0.25) is 0 Å². The summed E-state index contributed by atoms with van der Waals surface area (Å²) >= 11 is 0. The van der Waals surface area contributed by atoms with Gasteiger partial charge in [-0.25, -0.2) is 4.68 Å². The summed E-state index contributed by atoms with van der Waals surface area (Å²) in [6.07, 6.45) is 0. The summed E-state index contributed by atoms with van der Waals surface area (Å²) in [4.78, 5) is 12.5. The topological polar surface area (TPSA) is 69.0 Å². The fourth-order valence-electron chi connectivity index (χ4n) is 2.82. The Kier molecular flexibility index (Phi) is 5.31. The molecule has 6 heteroatoms. The Hall–Kier alpha value is -3.15. The van der Waals surface area contributed by atoms with Crippen LogP contribution in [0.3, 0.4) is 0 Å². The van der Waals surface area contributed by atoms with Gasteiger partial charge in [0, 0.05) is 12.1 Å². The van der Waals surface area contributed by atoms with Crippen LogP contribution in [-0.2, 0) is 13.1 Å². The van der Waals surface area contributed by atoms with E-state index in [1.807, 2.05) is 62.4 Å². The quantitative estimate of drug-likeness (QED) is 0.742. The molecule has 1 aromatic heterocycles. The van der Waals surface area contributed by atoms with Gasteiger partial charge in [-0.05, 0) is 31.0 Å². The molecule has 0 aliphatic rings. The molecule has 3 rings (SSSR count). The monoisotopic (exact) mass is 350 g/mol. The van der Waals surface area contributed by atoms with E-state index in [9.17, 15) is 4.79 Å². The molecule has 2 aromatic carbocycles. The first-order valence-electron chi connectivity index (χ1n) is 8.45. The molecule has 0 bridgehead atoms. The Balaban J connectivity index is 1.71. The lowest BCUT2D eigenvalue weighted by Crippen LogP contribution is -2.25. The van der Waals surface area contributed by atoms with Crippen molar-refractivity contribution >= 4 is 5.91 Å². The molecule has 0 radical (unpaired) electrons. The van der Waals surface area contributed by atoms with Gasteiger partial charge in [0.25, 0.3) is 5.91 Å². The zero-order valence-electron chi connectivity index (χ0n) is 15.2. The van der Waals surface area contributed by atoms with Crippen LogP contribution in [0.25, 0.3) is 0 Å². The van der Waals surface area contributed by atoms with E-state index >= 15 is 0 Å². The Labute approximate surface area is 152 Å². The summed E-state index contributed by atoms with van der Waals surface area (Å²) in [6.45, 7) is 4.80. The minimum atomic E-state index is -0.243. The molecule has 1 heterocycles. The number of carbonyl (C=O) groups excluding carboxylic acids is 1. The molecule has 0 spiro atoms. The van der Waals surface area contributed by atoms with Gasteiger partial charge in [-0.2, -0.15) is 0 Å². The molecule has 0 saturated carbocycles. The van der Waals surface area contributed by atoms with Crippen molar-refractivity contribution in [3.05, 3.63) is 76.6 Å². The largest absolute Gasteiger partial charge is 0.496 e. The summed E-state index contributed by atoms with van der Waals surface area (Å²) in [5, 5.41) is 11.1. The zero-order valence-corrected chi connectivity index (χ0v) is 15.2. The summed E-state index contributed by atoms with van der Waals surface area (Å²) in [6, 6.07) is 15.8. The lowest BCUT2D eigenvalue weighted by atomic mass is 10.1. The fourth-order valence-corrected chi connectivity index (χ4v) is 2.82. The summed E-state index contributed by atoms with van der Waals surface area (Å²) in [5.41, 5.74) is 4.21. The van der Waals surface area contributed by atoms with Crippen LogP contribution >= 0.6 is 0 Å². The van der Waals surface area contributed by atoms with E-state index in [0.717, 1.165) is 28.1 Å². The first kappa shape index (κ1) is 17.7. The number of aryl methyl sites for hydroxylation is 1. The molecule has 0 atom stereocenters. The molecule has 0 aliphatic heterocycles. The van der Waals surface area contributed by atoms with Crippen LogP contribution in [0.1, 0.15) is 32.9 Å². The summed E-state index contributed by atoms with van der Waals surface area (Å²) in [5.74, 6) is 0.516. The van der Waals surface area contributed by atoms with Crippen LogP contribution in [0.5, 0.6) is 5.75 Å². The molecule has 3 aromatic rings. The number of benzene rings is 2. The summed E-state index contributed by atoms with van der Waals surface area (Å²) < 4.78 is 7.11. The van der Waals surface area contributed by atoms with Gasteiger partial charge in [-0.1, -0.05) is 47.7 Å². The highest BCUT2D eigenvalue weighted by molar-refractivity contribution is 5.93. The first-order chi connectivity index (χ1) is 12.6. The first-order valence-corrected chi connectivity index (χ1v) is 8.45. The van der Waals surface area contributed by atoms with E-state index in [4.69, 9.17) is 4.74 Å². The number of methoxy groups -OCH3 is 1. The predicted molar refractivity (Wildman–Crippen MR) is 99.2 cm³/mol. The van der Waals surface area contributed by atoms with Gasteiger partial charge < -0.3 is 10.1 Å². The zero-order chi connectivity index (χ0) is 18.5. The van der Waals surface area contributed by atoms with E-state index < -0.39 is 0 Å². The molecule has 26 heavy (non-hydrogen) atoms. The van der Waals surface area contributed by atoms with Gasteiger partial charge in [0.1, 0.15) is 5.75 Å². The lowest BCUT2D eigenvalue weighted by molar-refractivity contribution is 0.0945. The van der Waals surface area contributed by atoms with Crippen LogP contribution in [0.15, 0.2) is 48.5 Å². The molecular weight excluding hydrogens is 328 g/mol. The number of rotatable bonds is 6. The molecule has 0 unspecified atom stereocenters. The average Bonchev–Trinajstić information content (AvgIpc) is 3.01. The van der Waals surface area contributed by atoms with Gasteiger partial charge in [0.15, 0.2) is 5.69 Å². The number of carbonyl (C=O) groups is 1. The number of nitrogens with one attached hydrogen (secondary N) is 1. The van der Waals surface area contributed by atoms with E-state index in [0.29, 0.717) is 18.8 Å². The van der Waals surface area contributed by atoms with Crippen molar-refractivity contribution in [2.24, 2.45) is 0 Å². The van der Waals surface area contributed by atoms with Crippen molar-refractivity contribution in [1.29, 1.82) is 0 Å². The lowest BCUT2D eigenvalue weighted by Gasteiger charge is -2.12. The second-order valence-corrected chi connectivity index (χ2v) is 6.11.